The first-order chi connectivity index (χ1) is 73.9. The minimum absolute atomic E-state index is 0.685. The number of hydrogen-bond donors (Lipinski definition) is 0. The van der Waals surface area contributed by atoms with E-state index in [0.29, 0.717) is 34.9 Å². The van der Waals surface area contributed by atoms with Crippen molar-refractivity contribution in [2.75, 3.05) is 0 Å². The lowest BCUT2D eigenvalue weighted by molar-refractivity contribution is 1.07. The van der Waals surface area contributed by atoms with Crippen molar-refractivity contribution in [3.8, 4) is 136 Å². The van der Waals surface area contributed by atoms with Gasteiger partial charge in [0.05, 0.1) is 11.4 Å². The van der Waals surface area contributed by atoms with Gasteiger partial charge in [-0.05, 0) is 207 Å². The molecule has 0 saturated carbocycles. The largest absolute Gasteiger partial charge is 0.228 e. The summed E-state index contributed by atoms with van der Waals surface area (Å²) in [5.74, 6) is 4.87. The highest BCUT2D eigenvalue weighted by atomic mass is 15.0. The second-order valence-corrected chi connectivity index (χ2v) is 37.8. The number of aromatic nitrogens is 8. The molecule has 27 rings (SSSR count). The van der Waals surface area contributed by atoms with E-state index in [1.807, 2.05) is 194 Å². The molecular formula is C142H106N8. The van der Waals surface area contributed by atoms with Crippen molar-refractivity contribution in [2.45, 2.75) is 41.5 Å². The van der Waals surface area contributed by atoms with E-state index in [2.05, 4.69) is 381 Å². The smallest absolute Gasteiger partial charge is 0.164 e. The van der Waals surface area contributed by atoms with Crippen molar-refractivity contribution in [3.63, 3.8) is 0 Å². The van der Waals surface area contributed by atoms with Crippen LogP contribution in [0.5, 0.6) is 0 Å². The third-order valence-corrected chi connectivity index (χ3v) is 27.9. The zero-order chi connectivity index (χ0) is 102. The van der Waals surface area contributed by atoms with Crippen molar-refractivity contribution in [2.24, 2.45) is 0 Å². The Morgan fingerprint density at radius 1 is 0.120 bits per heavy atom. The highest BCUT2D eigenvalue weighted by Gasteiger charge is 2.22. The van der Waals surface area contributed by atoms with Gasteiger partial charge in [0.2, 0.25) is 0 Å². The molecule has 0 bridgehead atoms. The van der Waals surface area contributed by atoms with E-state index in [1.165, 1.54) is 164 Å². The first-order valence-corrected chi connectivity index (χ1v) is 51.0. The van der Waals surface area contributed by atoms with Crippen LogP contribution in [0.4, 0.5) is 0 Å². The van der Waals surface area contributed by atoms with E-state index in [9.17, 15) is 0 Å². The summed E-state index contributed by atoms with van der Waals surface area (Å²) in [7, 11) is 0. The molecule has 0 aliphatic rings. The molecule has 8 heteroatoms. The highest BCUT2D eigenvalue weighted by Crippen LogP contribution is 2.46. The van der Waals surface area contributed by atoms with Gasteiger partial charge in [-0.25, -0.2) is 39.9 Å². The molecule has 0 aliphatic carbocycles. The number of fused-ring (bicyclic) bond motifs is 9. The Kier molecular flexibility index (Phi) is 28.1. The number of hydrogen-bond acceptors (Lipinski definition) is 8. The Morgan fingerprint density at radius 2 is 0.347 bits per heavy atom. The van der Waals surface area contributed by atoms with Crippen LogP contribution in [0.3, 0.4) is 0 Å². The van der Waals surface area contributed by atoms with E-state index in [1.54, 1.807) is 0 Å². The van der Waals surface area contributed by atoms with Crippen molar-refractivity contribution in [3.05, 3.63) is 567 Å². The summed E-state index contributed by atoms with van der Waals surface area (Å²) in [6.45, 7) is 12.9. The summed E-state index contributed by atoms with van der Waals surface area (Å²) < 4.78 is 0. The lowest BCUT2D eigenvalue weighted by atomic mass is 9.87. The molecule has 714 valence electrons. The van der Waals surface area contributed by atoms with Gasteiger partial charge >= 0.3 is 0 Å². The number of rotatable bonds is 12. The van der Waals surface area contributed by atoms with Gasteiger partial charge in [-0.15, -0.1) is 0 Å². The maximum absolute atomic E-state index is 4.82. The van der Waals surface area contributed by atoms with Crippen LogP contribution in [-0.2, 0) is 0 Å². The van der Waals surface area contributed by atoms with Gasteiger partial charge < -0.3 is 0 Å². The molecule has 8 nitrogen and oxygen atoms in total. The fraction of sp³-hybridized carbons (Fsp3) is 0.0423. The van der Waals surface area contributed by atoms with Crippen molar-refractivity contribution >= 4 is 97.0 Å². The summed E-state index contributed by atoms with van der Waals surface area (Å²) in [6.07, 6.45) is 0. The van der Waals surface area contributed by atoms with Crippen LogP contribution in [0.2, 0.25) is 0 Å². The molecule has 0 atom stereocenters. The second kappa shape index (κ2) is 44.1. The quantitative estimate of drug-likeness (QED) is 0.111. The Bertz CT molecular complexity index is 8810. The van der Waals surface area contributed by atoms with Crippen molar-refractivity contribution in [1.82, 2.24) is 39.9 Å². The average Bonchev–Trinajstić information content (AvgIpc) is 0.743. The maximum atomic E-state index is 4.82. The second-order valence-electron chi connectivity index (χ2n) is 37.8. The highest BCUT2D eigenvalue weighted by molar-refractivity contribution is 6.21. The molecule has 27 aromatic rings. The summed E-state index contributed by atoms with van der Waals surface area (Å²) in [5.41, 5.74) is 26.6. The Balaban J connectivity index is 0.000000102. The van der Waals surface area contributed by atoms with Crippen LogP contribution in [0, 0.1) is 41.5 Å². The van der Waals surface area contributed by atoms with Crippen LogP contribution in [-0.4, -0.2) is 39.9 Å². The molecule has 0 fully saturated rings. The lowest BCUT2D eigenvalue weighted by Gasteiger charge is -2.16. The third-order valence-electron chi connectivity index (χ3n) is 27.9. The normalized spacial score (nSPS) is 11.0. The number of nitrogens with zero attached hydrogens (tertiary/aromatic N) is 8. The molecule has 3 heterocycles. The zero-order valence-corrected chi connectivity index (χ0v) is 84.4. The SMILES string of the molecule is Cc1c2ccccc2c(-c2ccc3ccccc3c2)c2ccccc12.Cc1c2ccccc2c(-c2cccc3ccccc23)c2ccccc12.Cc1c2ccccc2c(-c2cccc3ccccc23)c2ccccc12.Cc1ccc(-c2cc(-c3ccccc3)nc(-c3ccccc3)n2)cc1.Cc1ccc(-c2nc(-c3ccccc3)nc(-c3ccccc3)n2)cc1.Cc1cccc(-c2nc(-c3ccccc3)nc(-c3ccccc3)n2)c1. The molecule has 3 aromatic heterocycles. The third kappa shape index (κ3) is 20.7. The molecule has 24 aromatic carbocycles. The molecule has 0 aliphatic heterocycles. The predicted octanol–water partition coefficient (Wildman–Crippen LogP) is 37.5. The molecule has 150 heavy (non-hydrogen) atoms. The van der Waals surface area contributed by atoms with Gasteiger partial charge in [0, 0.05) is 50.1 Å². The monoisotopic (exact) mass is 1920 g/mol. The van der Waals surface area contributed by atoms with Crippen LogP contribution in [0.15, 0.2) is 534 Å². The minimum Gasteiger partial charge on any atom is -0.228 e. The minimum atomic E-state index is 0.685. The standard InChI is InChI=1S/3C25H18.C23H18N2.2C22H17N3/c2*1-17-19-11-4-6-14-22(19)25(23-15-7-5-12-20(17)23)24-16-8-10-18-9-2-3-13-21(18)24;1-17-21-10-4-6-12-23(21)25(24-13-7-5-11-22(17)24)20-15-14-18-8-2-3-9-19(18)16-20;1-17-12-14-19(15-13-17)22-16-21(18-8-4-2-5-9-18)24-23(25-22)20-10-6-3-7-11-20;1-16-9-8-14-19(15-16)22-24-20(17-10-4-2-5-11-17)23-21(25-22)18-12-6-3-7-13-18;1-16-12-14-19(15-13-16)22-24-20(17-8-4-2-5-9-17)23-21(25-22)18-10-6-3-7-11-18/h4*2-16H,1H3;2*2-15H,1H3. The Morgan fingerprint density at radius 3 is 0.680 bits per heavy atom. The number of aryl methyl sites for hydroxylation is 6. The van der Waals surface area contributed by atoms with Crippen LogP contribution < -0.4 is 0 Å². The summed E-state index contributed by atoms with van der Waals surface area (Å²) in [5, 5.41) is 23.8. The van der Waals surface area contributed by atoms with E-state index < -0.39 is 0 Å². The van der Waals surface area contributed by atoms with Crippen molar-refractivity contribution in [1.29, 1.82) is 0 Å². The number of benzene rings is 24. The van der Waals surface area contributed by atoms with E-state index in [4.69, 9.17) is 39.9 Å². The predicted molar refractivity (Wildman–Crippen MR) is 632 cm³/mol. The molecule has 0 saturated heterocycles. The van der Waals surface area contributed by atoms with Gasteiger partial charge in [-0.2, -0.15) is 0 Å². The molecular weight excluding hydrogens is 1820 g/mol. The van der Waals surface area contributed by atoms with Crippen LogP contribution in [0.25, 0.3) is 233 Å². The van der Waals surface area contributed by atoms with Gasteiger partial charge in [-0.1, -0.05) is 532 Å². The first-order valence-electron chi connectivity index (χ1n) is 51.0. The topological polar surface area (TPSA) is 103 Å². The van der Waals surface area contributed by atoms with E-state index in [-0.39, 0.29) is 0 Å². The van der Waals surface area contributed by atoms with Gasteiger partial charge in [0.25, 0.3) is 0 Å². The fourth-order valence-electron chi connectivity index (χ4n) is 20.3. The summed E-state index contributed by atoms with van der Waals surface area (Å²) >= 11 is 0. The van der Waals surface area contributed by atoms with Gasteiger partial charge in [-0.3, -0.25) is 0 Å². The van der Waals surface area contributed by atoms with E-state index in [0.717, 1.165) is 67.3 Å². The zero-order valence-electron chi connectivity index (χ0n) is 84.4. The lowest BCUT2D eigenvalue weighted by Crippen LogP contribution is -2.00. The Hall–Kier alpha value is -19.3. The van der Waals surface area contributed by atoms with Gasteiger partial charge in [0.15, 0.2) is 40.8 Å². The summed E-state index contributed by atoms with van der Waals surface area (Å²) in [4.78, 5) is 37.9. The van der Waals surface area contributed by atoms with Crippen molar-refractivity contribution < 1.29 is 0 Å². The molecule has 0 unspecified atom stereocenters. The fourth-order valence-corrected chi connectivity index (χ4v) is 20.3. The van der Waals surface area contributed by atoms with Crippen LogP contribution in [0.1, 0.15) is 33.4 Å². The van der Waals surface area contributed by atoms with Crippen LogP contribution >= 0.6 is 0 Å². The first kappa shape index (κ1) is 95.6. The molecule has 0 spiro atoms. The summed E-state index contributed by atoms with van der Waals surface area (Å²) in [6, 6.07) is 186. The van der Waals surface area contributed by atoms with E-state index >= 15 is 0 Å². The average molecular weight is 1920 g/mol. The molecule has 0 N–H and O–H groups in total. The molecule has 0 amide bonds. The maximum Gasteiger partial charge on any atom is 0.164 e. The molecule has 0 radical (unpaired) electrons. The Labute approximate surface area is 875 Å². The van der Waals surface area contributed by atoms with Gasteiger partial charge in [0.1, 0.15) is 0 Å².